The lowest BCUT2D eigenvalue weighted by Crippen LogP contribution is -2.12. The van der Waals surface area contributed by atoms with E-state index in [1.807, 2.05) is 23.6 Å². The Hall–Kier alpha value is -2.16. The van der Waals surface area contributed by atoms with Gasteiger partial charge in [-0.2, -0.15) is 5.26 Å². The quantitative estimate of drug-likeness (QED) is 0.795. The first-order valence-electron chi connectivity index (χ1n) is 6.68. The van der Waals surface area contributed by atoms with E-state index < -0.39 is 0 Å². The van der Waals surface area contributed by atoms with Gasteiger partial charge in [-0.3, -0.25) is 4.79 Å². The zero-order valence-corrected chi connectivity index (χ0v) is 12.4. The Morgan fingerprint density at radius 3 is 3.00 bits per heavy atom. The molecule has 0 aliphatic carbocycles. The summed E-state index contributed by atoms with van der Waals surface area (Å²) in [6.07, 6.45) is 1.08. The molecule has 2 aromatic rings. The van der Waals surface area contributed by atoms with Crippen molar-refractivity contribution in [3.63, 3.8) is 0 Å². The first kappa shape index (κ1) is 15.2. The van der Waals surface area contributed by atoms with Crippen molar-refractivity contribution in [2.24, 2.45) is 0 Å². The minimum atomic E-state index is -0.0650. The van der Waals surface area contributed by atoms with E-state index in [4.69, 9.17) is 10.00 Å². The molecule has 0 bridgehead atoms. The molecule has 1 N–H and O–H groups in total. The Kier molecular flexibility index (Phi) is 5.95. The number of hydrogen-bond donors (Lipinski definition) is 1. The fourth-order valence-electron chi connectivity index (χ4n) is 1.79. The van der Waals surface area contributed by atoms with Gasteiger partial charge in [0.05, 0.1) is 18.2 Å². The van der Waals surface area contributed by atoms with Gasteiger partial charge in [0, 0.05) is 23.6 Å². The Morgan fingerprint density at radius 1 is 1.33 bits per heavy atom. The van der Waals surface area contributed by atoms with E-state index in [0.717, 1.165) is 0 Å². The van der Waals surface area contributed by atoms with E-state index in [2.05, 4.69) is 5.32 Å². The zero-order chi connectivity index (χ0) is 14.9. The Morgan fingerprint density at radius 2 is 2.24 bits per heavy atom. The highest BCUT2D eigenvalue weighted by atomic mass is 32.1. The first-order chi connectivity index (χ1) is 10.3. The molecule has 1 aromatic heterocycles. The summed E-state index contributed by atoms with van der Waals surface area (Å²) in [7, 11) is 0. The predicted octanol–water partition coefficient (Wildman–Crippen LogP) is 3.56. The number of thiophene rings is 1. The summed E-state index contributed by atoms with van der Waals surface area (Å²) < 4.78 is 5.50. The third kappa shape index (κ3) is 5.38. The highest BCUT2D eigenvalue weighted by molar-refractivity contribution is 7.09. The summed E-state index contributed by atoms with van der Waals surface area (Å²) in [4.78, 5) is 12.9. The van der Waals surface area contributed by atoms with Crippen molar-refractivity contribution < 1.29 is 9.53 Å². The molecule has 0 saturated carbocycles. The summed E-state index contributed by atoms with van der Waals surface area (Å²) in [5.74, 6) is -0.0650. The Labute approximate surface area is 128 Å². The van der Waals surface area contributed by atoms with E-state index >= 15 is 0 Å². The van der Waals surface area contributed by atoms with E-state index in [1.165, 1.54) is 4.88 Å². The fourth-order valence-corrected chi connectivity index (χ4v) is 2.43. The third-order valence-corrected chi connectivity index (χ3v) is 3.64. The number of rotatable bonds is 7. The third-order valence-electron chi connectivity index (χ3n) is 2.79. The van der Waals surface area contributed by atoms with Crippen molar-refractivity contribution in [2.45, 2.75) is 19.4 Å². The highest BCUT2D eigenvalue weighted by Gasteiger charge is 2.03. The van der Waals surface area contributed by atoms with Crippen LogP contribution in [-0.4, -0.2) is 12.5 Å². The second-order valence-corrected chi connectivity index (χ2v) is 5.51. The molecule has 1 amide bonds. The summed E-state index contributed by atoms with van der Waals surface area (Å²) >= 11 is 1.66. The average Bonchev–Trinajstić information content (AvgIpc) is 3.00. The molecule has 0 aliphatic heterocycles. The molecule has 21 heavy (non-hydrogen) atoms. The highest BCUT2D eigenvalue weighted by Crippen LogP contribution is 2.11. The largest absolute Gasteiger partial charge is 0.376 e. The second-order valence-electron chi connectivity index (χ2n) is 4.48. The number of nitrogens with one attached hydrogen (secondary N) is 1. The van der Waals surface area contributed by atoms with Gasteiger partial charge in [-0.25, -0.2) is 0 Å². The van der Waals surface area contributed by atoms with Crippen molar-refractivity contribution in [3.8, 4) is 6.07 Å². The fraction of sp³-hybridized carbons (Fsp3) is 0.250. The van der Waals surface area contributed by atoms with Gasteiger partial charge in [-0.05, 0) is 36.1 Å². The molecule has 4 nitrogen and oxygen atoms in total. The predicted molar refractivity (Wildman–Crippen MR) is 83.0 cm³/mol. The van der Waals surface area contributed by atoms with E-state index in [1.54, 1.807) is 35.6 Å². The van der Waals surface area contributed by atoms with E-state index in [9.17, 15) is 4.79 Å². The second kappa shape index (κ2) is 8.20. The van der Waals surface area contributed by atoms with Crippen LogP contribution < -0.4 is 5.32 Å². The maximum Gasteiger partial charge on any atom is 0.224 e. The van der Waals surface area contributed by atoms with Gasteiger partial charge in [0.1, 0.15) is 0 Å². The lowest BCUT2D eigenvalue weighted by atomic mass is 10.2. The normalized spacial score (nSPS) is 10.0. The van der Waals surface area contributed by atoms with Crippen LogP contribution in [0.4, 0.5) is 5.69 Å². The minimum Gasteiger partial charge on any atom is -0.376 e. The van der Waals surface area contributed by atoms with Crippen LogP contribution in [0.5, 0.6) is 0 Å². The Bertz CT molecular complexity index is 617. The lowest BCUT2D eigenvalue weighted by Gasteiger charge is -2.06. The average molecular weight is 300 g/mol. The van der Waals surface area contributed by atoms with Gasteiger partial charge in [-0.1, -0.05) is 12.1 Å². The summed E-state index contributed by atoms with van der Waals surface area (Å²) in [5.41, 5.74) is 1.19. The van der Waals surface area contributed by atoms with Gasteiger partial charge in [0.25, 0.3) is 0 Å². The molecule has 0 atom stereocenters. The summed E-state index contributed by atoms with van der Waals surface area (Å²) in [6, 6.07) is 12.9. The molecule has 1 aromatic carbocycles. The van der Waals surface area contributed by atoms with Gasteiger partial charge >= 0.3 is 0 Å². The molecule has 0 unspecified atom stereocenters. The number of carbonyl (C=O) groups excluding carboxylic acids is 1. The molecule has 0 spiro atoms. The van der Waals surface area contributed by atoms with Crippen LogP contribution in [0.15, 0.2) is 41.8 Å². The van der Waals surface area contributed by atoms with Crippen molar-refractivity contribution in [2.75, 3.05) is 11.9 Å². The molecule has 0 fully saturated rings. The van der Waals surface area contributed by atoms with Crippen LogP contribution in [0.2, 0.25) is 0 Å². The number of carbonyl (C=O) groups is 1. The number of benzene rings is 1. The molecule has 2 rings (SSSR count). The van der Waals surface area contributed by atoms with Crippen molar-refractivity contribution in [3.05, 3.63) is 52.2 Å². The molecule has 1 heterocycles. The minimum absolute atomic E-state index is 0.0650. The molecule has 108 valence electrons. The SMILES string of the molecule is N#Cc1cccc(NC(=O)CCCOCc2cccs2)c1. The standard InChI is InChI=1S/C16H16N2O2S/c17-11-13-4-1-5-14(10-13)18-16(19)7-2-8-20-12-15-6-3-9-21-15/h1,3-6,9-10H,2,7-8,12H2,(H,18,19). The van der Waals surface area contributed by atoms with Gasteiger partial charge in [0.2, 0.25) is 5.91 Å². The van der Waals surface area contributed by atoms with Crippen LogP contribution in [0.3, 0.4) is 0 Å². The summed E-state index contributed by atoms with van der Waals surface area (Å²) in [5, 5.41) is 13.6. The van der Waals surface area contributed by atoms with E-state index in [0.29, 0.717) is 37.3 Å². The van der Waals surface area contributed by atoms with Crippen LogP contribution in [0.1, 0.15) is 23.3 Å². The number of ether oxygens (including phenoxy) is 1. The maximum atomic E-state index is 11.8. The molecule has 0 aliphatic rings. The van der Waals surface area contributed by atoms with Crippen LogP contribution in [0.25, 0.3) is 0 Å². The molecule has 5 heteroatoms. The van der Waals surface area contributed by atoms with Crippen LogP contribution in [-0.2, 0) is 16.1 Å². The van der Waals surface area contributed by atoms with Crippen molar-refractivity contribution >= 4 is 22.9 Å². The van der Waals surface area contributed by atoms with Crippen molar-refractivity contribution in [1.82, 2.24) is 0 Å². The molecular formula is C16H16N2O2S. The Balaban J connectivity index is 1.64. The molecular weight excluding hydrogens is 284 g/mol. The van der Waals surface area contributed by atoms with Crippen molar-refractivity contribution in [1.29, 1.82) is 5.26 Å². The molecule has 0 saturated heterocycles. The van der Waals surface area contributed by atoms with Crippen LogP contribution in [0, 0.1) is 11.3 Å². The van der Waals surface area contributed by atoms with E-state index in [-0.39, 0.29) is 5.91 Å². The number of nitriles is 1. The van der Waals surface area contributed by atoms with Gasteiger partial charge < -0.3 is 10.1 Å². The summed E-state index contributed by atoms with van der Waals surface area (Å²) in [6.45, 7) is 1.16. The van der Waals surface area contributed by atoms with Gasteiger partial charge in [-0.15, -0.1) is 11.3 Å². The lowest BCUT2D eigenvalue weighted by molar-refractivity contribution is -0.116. The number of amides is 1. The number of nitrogens with zero attached hydrogens (tertiary/aromatic N) is 1. The molecule has 0 radical (unpaired) electrons. The van der Waals surface area contributed by atoms with Gasteiger partial charge in [0.15, 0.2) is 0 Å². The zero-order valence-electron chi connectivity index (χ0n) is 11.5. The monoisotopic (exact) mass is 300 g/mol. The topological polar surface area (TPSA) is 62.1 Å². The first-order valence-corrected chi connectivity index (χ1v) is 7.56. The maximum absolute atomic E-state index is 11.8. The number of hydrogen-bond acceptors (Lipinski definition) is 4. The van der Waals surface area contributed by atoms with Crippen LogP contribution >= 0.6 is 11.3 Å². The smallest absolute Gasteiger partial charge is 0.224 e. The number of anilines is 1.